The molecule has 0 unspecified atom stereocenters. The van der Waals surface area contributed by atoms with Crippen molar-refractivity contribution >= 4 is 5.69 Å². The molecule has 3 aromatic carbocycles. The average molecular weight is 398 g/mol. The summed E-state index contributed by atoms with van der Waals surface area (Å²) in [5, 5.41) is 21.1. The van der Waals surface area contributed by atoms with Crippen molar-refractivity contribution in [3.63, 3.8) is 0 Å². The van der Waals surface area contributed by atoms with Gasteiger partial charge in [-0.2, -0.15) is 0 Å². The number of nitro benzene ring substituents is 1. The first-order valence-electron chi connectivity index (χ1n) is 9.25. The third-order valence-corrected chi connectivity index (χ3v) is 4.76. The second-order valence-electron chi connectivity index (χ2n) is 6.69. The molecule has 0 aliphatic rings. The predicted octanol–water partition coefficient (Wildman–Crippen LogP) is 5.71. The number of aromatic hydroxyl groups is 1. The number of nitrogens with zero attached hydrogens (tertiary/aromatic N) is 2. The number of nitro groups is 1. The summed E-state index contributed by atoms with van der Waals surface area (Å²) in [6.07, 6.45) is 0. The number of aromatic nitrogens is 1. The molecule has 0 radical (unpaired) electrons. The molecular weight excluding hydrogens is 380 g/mol. The molecule has 6 heteroatoms. The molecule has 4 rings (SSSR count). The molecule has 0 bridgehead atoms. The Morgan fingerprint density at radius 3 is 2.20 bits per heavy atom. The molecular formula is C24H18N2O4. The largest absolute Gasteiger partial charge is 0.504 e. The maximum atomic E-state index is 11.2. The summed E-state index contributed by atoms with van der Waals surface area (Å²) in [4.78, 5) is 15.5. The maximum absolute atomic E-state index is 11.2. The average Bonchev–Trinajstić information content (AvgIpc) is 2.79. The van der Waals surface area contributed by atoms with Gasteiger partial charge in [0.15, 0.2) is 11.5 Å². The Morgan fingerprint density at radius 1 is 0.800 bits per heavy atom. The van der Waals surface area contributed by atoms with Crippen LogP contribution in [0.2, 0.25) is 0 Å². The number of ether oxygens (including phenoxy) is 1. The van der Waals surface area contributed by atoms with E-state index in [1.54, 1.807) is 30.3 Å². The van der Waals surface area contributed by atoms with Crippen molar-refractivity contribution in [3.05, 3.63) is 95.0 Å². The summed E-state index contributed by atoms with van der Waals surface area (Å²) in [6.45, 7) is 0. The van der Waals surface area contributed by atoms with Crippen LogP contribution in [0.1, 0.15) is 0 Å². The van der Waals surface area contributed by atoms with Crippen LogP contribution in [0.25, 0.3) is 33.6 Å². The van der Waals surface area contributed by atoms with Crippen LogP contribution in [0.3, 0.4) is 0 Å². The van der Waals surface area contributed by atoms with E-state index in [2.05, 4.69) is 0 Å². The van der Waals surface area contributed by atoms with Crippen LogP contribution in [0.5, 0.6) is 11.5 Å². The fraction of sp³-hybridized carbons (Fsp3) is 0.0417. The van der Waals surface area contributed by atoms with Gasteiger partial charge >= 0.3 is 0 Å². The molecule has 30 heavy (non-hydrogen) atoms. The smallest absolute Gasteiger partial charge is 0.270 e. The summed E-state index contributed by atoms with van der Waals surface area (Å²) in [5.74, 6) is 0.417. The van der Waals surface area contributed by atoms with Gasteiger partial charge in [0.1, 0.15) is 0 Å². The van der Waals surface area contributed by atoms with Crippen LogP contribution in [-0.4, -0.2) is 22.1 Å². The number of phenolic OH excluding ortho intramolecular Hbond substituents is 1. The number of methoxy groups -OCH3 is 1. The maximum Gasteiger partial charge on any atom is 0.270 e. The van der Waals surface area contributed by atoms with Gasteiger partial charge in [0.05, 0.1) is 23.4 Å². The summed E-state index contributed by atoms with van der Waals surface area (Å²) in [6, 6.07) is 25.0. The molecule has 6 nitrogen and oxygen atoms in total. The molecule has 0 amide bonds. The third kappa shape index (κ3) is 3.84. The highest BCUT2D eigenvalue weighted by molar-refractivity contribution is 5.78. The Balaban J connectivity index is 1.92. The lowest BCUT2D eigenvalue weighted by atomic mass is 9.99. The first-order chi connectivity index (χ1) is 14.5. The molecule has 148 valence electrons. The van der Waals surface area contributed by atoms with Gasteiger partial charge in [-0.05, 0) is 35.4 Å². The summed E-state index contributed by atoms with van der Waals surface area (Å²) < 4.78 is 5.24. The van der Waals surface area contributed by atoms with Crippen LogP contribution < -0.4 is 4.74 Å². The van der Waals surface area contributed by atoms with Gasteiger partial charge in [0.25, 0.3) is 5.69 Å². The molecule has 1 N–H and O–H groups in total. The standard InChI is InChI=1S/C24H18N2O4/c1-30-24-15-17(10-11-23(24)27)19-13-21(16-6-3-2-4-7-16)25-22(14-19)18-8-5-9-20(12-18)26(28)29/h2-15,27H,1H3. The predicted molar refractivity (Wildman–Crippen MR) is 115 cm³/mol. The Labute approximate surface area is 173 Å². The minimum absolute atomic E-state index is 0.00673. The zero-order valence-electron chi connectivity index (χ0n) is 16.1. The fourth-order valence-corrected chi connectivity index (χ4v) is 3.24. The summed E-state index contributed by atoms with van der Waals surface area (Å²) in [5.41, 5.74) is 4.61. The molecule has 0 aliphatic heterocycles. The van der Waals surface area contributed by atoms with E-state index in [0.29, 0.717) is 17.0 Å². The lowest BCUT2D eigenvalue weighted by Gasteiger charge is -2.11. The number of benzene rings is 3. The van der Waals surface area contributed by atoms with Crippen LogP contribution >= 0.6 is 0 Å². The highest BCUT2D eigenvalue weighted by Gasteiger charge is 2.13. The minimum Gasteiger partial charge on any atom is -0.504 e. The van der Waals surface area contributed by atoms with E-state index in [9.17, 15) is 15.2 Å². The van der Waals surface area contributed by atoms with Gasteiger partial charge in [-0.15, -0.1) is 0 Å². The van der Waals surface area contributed by atoms with E-state index >= 15 is 0 Å². The summed E-state index contributed by atoms with van der Waals surface area (Å²) >= 11 is 0. The van der Waals surface area contributed by atoms with Crippen LogP contribution in [0.4, 0.5) is 5.69 Å². The van der Waals surface area contributed by atoms with E-state index < -0.39 is 4.92 Å². The molecule has 0 saturated heterocycles. The van der Waals surface area contributed by atoms with Crippen molar-refractivity contribution in [2.75, 3.05) is 7.11 Å². The van der Waals surface area contributed by atoms with Crippen molar-refractivity contribution in [1.82, 2.24) is 4.98 Å². The molecule has 1 aromatic heterocycles. The molecule has 1 heterocycles. The Bertz CT molecular complexity index is 1220. The van der Waals surface area contributed by atoms with E-state index in [4.69, 9.17) is 9.72 Å². The lowest BCUT2D eigenvalue weighted by molar-refractivity contribution is -0.384. The summed E-state index contributed by atoms with van der Waals surface area (Å²) in [7, 11) is 1.50. The highest BCUT2D eigenvalue weighted by atomic mass is 16.6. The normalized spacial score (nSPS) is 10.6. The number of non-ortho nitro benzene ring substituents is 1. The molecule has 0 atom stereocenters. The van der Waals surface area contributed by atoms with Crippen LogP contribution in [-0.2, 0) is 0 Å². The molecule has 4 aromatic rings. The van der Waals surface area contributed by atoms with Gasteiger partial charge in [-0.1, -0.05) is 48.5 Å². The molecule has 0 saturated carbocycles. The first kappa shape index (κ1) is 19.1. The van der Waals surface area contributed by atoms with E-state index in [1.807, 2.05) is 42.5 Å². The molecule has 0 aliphatic carbocycles. The lowest BCUT2D eigenvalue weighted by Crippen LogP contribution is -1.93. The SMILES string of the molecule is COc1cc(-c2cc(-c3ccccc3)nc(-c3cccc([N+](=O)[O-])c3)c2)ccc1O. The zero-order valence-corrected chi connectivity index (χ0v) is 16.1. The zero-order chi connectivity index (χ0) is 21.1. The quantitative estimate of drug-likeness (QED) is 0.344. The van der Waals surface area contributed by atoms with Gasteiger partial charge < -0.3 is 9.84 Å². The topological polar surface area (TPSA) is 85.5 Å². The van der Waals surface area contributed by atoms with E-state index in [0.717, 1.165) is 22.4 Å². The van der Waals surface area contributed by atoms with Gasteiger partial charge in [-0.3, -0.25) is 10.1 Å². The number of rotatable bonds is 5. The van der Waals surface area contributed by atoms with Crippen molar-refractivity contribution in [1.29, 1.82) is 0 Å². The number of pyridine rings is 1. The Morgan fingerprint density at radius 2 is 1.50 bits per heavy atom. The van der Waals surface area contributed by atoms with Gasteiger partial charge in [0, 0.05) is 23.3 Å². The van der Waals surface area contributed by atoms with Gasteiger partial charge in [-0.25, -0.2) is 4.98 Å². The van der Waals surface area contributed by atoms with E-state index in [-0.39, 0.29) is 11.4 Å². The second kappa shape index (κ2) is 8.05. The number of phenols is 1. The Hall–Kier alpha value is -4.19. The van der Waals surface area contributed by atoms with Crippen molar-refractivity contribution in [3.8, 4) is 45.1 Å². The first-order valence-corrected chi connectivity index (χ1v) is 9.25. The number of hydrogen-bond donors (Lipinski definition) is 1. The van der Waals surface area contributed by atoms with Crippen molar-refractivity contribution in [2.24, 2.45) is 0 Å². The number of hydrogen-bond acceptors (Lipinski definition) is 5. The third-order valence-electron chi connectivity index (χ3n) is 4.76. The second-order valence-corrected chi connectivity index (χ2v) is 6.69. The van der Waals surface area contributed by atoms with Crippen molar-refractivity contribution in [2.45, 2.75) is 0 Å². The Kier molecular flexibility index (Phi) is 5.13. The van der Waals surface area contributed by atoms with Crippen molar-refractivity contribution < 1.29 is 14.8 Å². The minimum atomic E-state index is -0.420. The molecule has 0 spiro atoms. The molecule has 0 fully saturated rings. The fourth-order valence-electron chi connectivity index (χ4n) is 3.24. The van der Waals surface area contributed by atoms with Gasteiger partial charge in [0.2, 0.25) is 0 Å². The van der Waals surface area contributed by atoms with Crippen LogP contribution in [0.15, 0.2) is 84.9 Å². The highest BCUT2D eigenvalue weighted by Crippen LogP contribution is 2.35. The van der Waals surface area contributed by atoms with Crippen LogP contribution in [0, 0.1) is 10.1 Å². The van der Waals surface area contributed by atoms with E-state index in [1.165, 1.54) is 19.2 Å². The monoisotopic (exact) mass is 398 g/mol.